The Kier molecular flexibility index (Phi) is 11.4. The number of likely N-dealkylation sites (tertiary alicyclic amines) is 2. The SMILES string of the molecule is CCC[C@H]1N(C(=O)c2cnccc2C(F)(F)F)CCC[C@@]1(Oc1csc(C)c1)C(=O)N1CCC(F)(c2ccccc2OCCCC(=O)O)CC1. The van der Waals surface area contributed by atoms with Gasteiger partial charge in [0.1, 0.15) is 17.2 Å². The summed E-state index contributed by atoms with van der Waals surface area (Å²) in [5.41, 5.74) is -4.87. The number of aromatic nitrogens is 1. The average molecular weight is 720 g/mol. The minimum absolute atomic E-state index is 0.0179. The van der Waals surface area contributed by atoms with E-state index in [1.165, 1.54) is 21.1 Å². The first-order valence-electron chi connectivity index (χ1n) is 16.8. The van der Waals surface area contributed by atoms with Gasteiger partial charge in [-0.15, -0.1) is 11.3 Å². The summed E-state index contributed by atoms with van der Waals surface area (Å²) in [6.07, 6.45) is -1.57. The van der Waals surface area contributed by atoms with Gasteiger partial charge in [0.05, 0.1) is 23.8 Å². The Balaban J connectivity index is 1.44. The number of alkyl halides is 4. The summed E-state index contributed by atoms with van der Waals surface area (Å²) in [4.78, 5) is 47.3. The Morgan fingerprint density at radius 3 is 2.50 bits per heavy atom. The number of ether oxygens (including phenoxy) is 2. The number of carboxylic acids is 1. The van der Waals surface area contributed by atoms with Crippen LogP contribution in [0.4, 0.5) is 17.6 Å². The van der Waals surface area contributed by atoms with Gasteiger partial charge in [-0.05, 0) is 44.4 Å². The molecule has 2 aliphatic rings. The van der Waals surface area contributed by atoms with Crippen molar-refractivity contribution in [1.82, 2.24) is 14.8 Å². The number of halogens is 4. The standard InChI is InChI=1S/C36H41F4N3O6S/c1-3-8-30-35(49-25-21-24(2)50-23-25,13-7-17-43(30)32(46)26-22-41-16-12-27(26)36(38,39)40)33(47)42-18-14-34(37,15-19-42)28-9-4-5-10-29(28)48-20-6-11-31(44)45/h4-5,9-10,12,16,21-23,30H,3,6-8,11,13-15,17-20H2,1-2H3,(H,44,45)/t30-,35+/m1/s1. The number of rotatable bonds is 12. The molecule has 2 atom stereocenters. The first kappa shape index (κ1) is 37.1. The van der Waals surface area contributed by atoms with Crippen molar-refractivity contribution in [3.63, 3.8) is 0 Å². The highest BCUT2D eigenvalue weighted by molar-refractivity contribution is 7.10. The molecular weight excluding hydrogens is 678 g/mol. The van der Waals surface area contributed by atoms with E-state index < -0.39 is 52.4 Å². The van der Waals surface area contributed by atoms with E-state index in [0.29, 0.717) is 23.5 Å². The van der Waals surface area contributed by atoms with Crippen LogP contribution in [-0.2, 0) is 21.4 Å². The zero-order chi connectivity index (χ0) is 36.1. The highest BCUT2D eigenvalue weighted by Gasteiger charge is 2.56. The van der Waals surface area contributed by atoms with Crippen LogP contribution in [0, 0.1) is 6.92 Å². The third kappa shape index (κ3) is 7.90. The number of carboxylic acid groups (broad SMARTS) is 1. The van der Waals surface area contributed by atoms with Crippen molar-refractivity contribution in [2.24, 2.45) is 0 Å². The van der Waals surface area contributed by atoms with Gasteiger partial charge in [-0.2, -0.15) is 13.2 Å². The predicted molar refractivity (Wildman–Crippen MR) is 178 cm³/mol. The summed E-state index contributed by atoms with van der Waals surface area (Å²) in [6.45, 7) is 4.00. The number of benzene rings is 1. The van der Waals surface area contributed by atoms with Crippen LogP contribution in [0.3, 0.4) is 0 Å². The van der Waals surface area contributed by atoms with Gasteiger partial charge in [-0.3, -0.25) is 19.4 Å². The van der Waals surface area contributed by atoms with Crippen molar-refractivity contribution in [3.05, 3.63) is 75.7 Å². The number of hydrogen-bond acceptors (Lipinski definition) is 7. The number of pyridine rings is 1. The topological polar surface area (TPSA) is 109 Å². The molecule has 2 fully saturated rings. The summed E-state index contributed by atoms with van der Waals surface area (Å²) in [5.74, 6) is -1.55. The maximum Gasteiger partial charge on any atom is 0.417 e. The monoisotopic (exact) mass is 719 g/mol. The normalized spacial score (nSPS) is 20.7. The molecule has 0 unspecified atom stereocenters. The maximum absolute atomic E-state index is 16.7. The number of thiophene rings is 1. The lowest BCUT2D eigenvalue weighted by Crippen LogP contribution is -2.68. The summed E-state index contributed by atoms with van der Waals surface area (Å²) in [6, 6.07) is 8.30. The van der Waals surface area contributed by atoms with Gasteiger partial charge in [-0.25, -0.2) is 4.39 Å². The Bertz CT molecular complexity index is 1670. The molecule has 270 valence electrons. The van der Waals surface area contributed by atoms with Crippen LogP contribution in [0.2, 0.25) is 0 Å². The third-order valence-corrected chi connectivity index (χ3v) is 10.3. The van der Waals surface area contributed by atoms with Gasteiger partial charge >= 0.3 is 12.1 Å². The molecule has 9 nitrogen and oxygen atoms in total. The fourth-order valence-electron chi connectivity index (χ4n) is 7.02. The quantitative estimate of drug-likeness (QED) is 0.153. The molecule has 4 heterocycles. The second-order valence-corrected chi connectivity index (χ2v) is 13.9. The van der Waals surface area contributed by atoms with Gasteiger partial charge in [0, 0.05) is 73.5 Å². The zero-order valence-electron chi connectivity index (χ0n) is 28.0. The molecule has 0 aliphatic carbocycles. The molecule has 2 aromatic heterocycles. The van der Waals surface area contributed by atoms with Crippen LogP contribution in [0.1, 0.15) is 84.7 Å². The Morgan fingerprint density at radius 1 is 1.10 bits per heavy atom. The summed E-state index contributed by atoms with van der Waals surface area (Å²) >= 11 is 1.41. The van der Waals surface area contributed by atoms with Crippen molar-refractivity contribution in [1.29, 1.82) is 0 Å². The summed E-state index contributed by atoms with van der Waals surface area (Å²) in [7, 11) is 0. The summed E-state index contributed by atoms with van der Waals surface area (Å²) in [5, 5.41) is 10.7. The van der Waals surface area contributed by atoms with E-state index in [9.17, 15) is 27.6 Å². The van der Waals surface area contributed by atoms with E-state index in [-0.39, 0.29) is 71.2 Å². The Labute approximate surface area is 292 Å². The van der Waals surface area contributed by atoms with Crippen molar-refractivity contribution in [2.45, 2.75) is 88.7 Å². The molecule has 0 radical (unpaired) electrons. The summed E-state index contributed by atoms with van der Waals surface area (Å²) < 4.78 is 71.1. The Morgan fingerprint density at radius 2 is 1.84 bits per heavy atom. The smallest absolute Gasteiger partial charge is 0.417 e. The lowest BCUT2D eigenvalue weighted by atomic mass is 9.78. The minimum Gasteiger partial charge on any atom is -0.493 e. The Hall–Kier alpha value is -4.20. The third-order valence-electron chi connectivity index (χ3n) is 9.42. The van der Waals surface area contributed by atoms with Gasteiger partial charge in [0.2, 0.25) is 5.60 Å². The number of carbonyl (C=O) groups is 3. The molecule has 2 saturated heterocycles. The van der Waals surface area contributed by atoms with E-state index in [1.807, 2.05) is 13.8 Å². The second-order valence-electron chi connectivity index (χ2n) is 12.8. The van der Waals surface area contributed by atoms with Gasteiger partial charge in [0.25, 0.3) is 11.8 Å². The molecular formula is C36H41F4N3O6S. The van der Waals surface area contributed by atoms with Crippen LogP contribution < -0.4 is 9.47 Å². The minimum atomic E-state index is -4.80. The molecule has 50 heavy (non-hydrogen) atoms. The number of aryl methyl sites for hydroxylation is 1. The molecule has 0 spiro atoms. The molecule has 14 heteroatoms. The van der Waals surface area contributed by atoms with Crippen molar-refractivity contribution < 1.29 is 46.5 Å². The molecule has 2 amide bonds. The first-order chi connectivity index (χ1) is 23.8. The zero-order valence-corrected chi connectivity index (χ0v) is 28.8. The van der Waals surface area contributed by atoms with E-state index in [1.54, 1.807) is 35.7 Å². The van der Waals surface area contributed by atoms with Crippen LogP contribution in [0.25, 0.3) is 0 Å². The largest absolute Gasteiger partial charge is 0.493 e. The van der Waals surface area contributed by atoms with E-state index in [0.717, 1.165) is 23.3 Å². The maximum atomic E-state index is 16.7. The number of piperidine rings is 2. The molecule has 0 saturated carbocycles. The number of amides is 2. The number of para-hydroxylation sites is 1. The number of hydrogen-bond donors (Lipinski definition) is 1. The van der Waals surface area contributed by atoms with Crippen LogP contribution >= 0.6 is 11.3 Å². The molecule has 1 N–H and O–H groups in total. The molecule has 3 aromatic rings. The van der Waals surface area contributed by atoms with Crippen LogP contribution in [0.15, 0.2) is 54.2 Å². The van der Waals surface area contributed by atoms with Crippen molar-refractivity contribution in [2.75, 3.05) is 26.2 Å². The van der Waals surface area contributed by atoms with Gasteiger partial charge in [-0.1, -0.05) is 31.5 Å². The highest BCUT2D eigenvalue weighted by Crippen LogP contribution is 2.44. The highest BCUT2D eigenvalue weighted by atomic mass is 32.1. The lowest BCUT2D eigenvalue weighted by Gasteiger charge is -2.51. The first-order valence-corrected chi connectivity index (χ1v) is 17.7. The van der Waals surface area contributed by atoms with E-state index in [2.05, 4.69) is 4.98 Å². The fraction of sp³-hybridized carbons (Fsp3) is 0.500. The molecule has 1 aromatic carbocycles. The van der Waals surface area contributed by atoms with Gasteiger partial charge in [0.15, 0.2) is 0 Å². The van der Waals surface area contributed by atoms with Crippen molar-refractivity contribution in [3.8, 4) is 11.5 Å². The van der Waals surface area contributed by atoms with E-state index in [4.69, 9.17) is 14.6 Å². The number of aliphatic carboxylic acids is 1. The van der Waals surface area contributed by atoms with E-state index >= 15 is 4.39 Å². The van der Waals surface area contributed by atoms with Crippen LogP contribution in [-0.4, -0.2) is 75.6 Å². The lowest BCUT2D eigenvalue weighted by molar-refractivity contribution is -0.162. The number of carbonyl (C=O) groups excluding carboxylic acids is 2. The average Bonchev–Trinajstić information content (AvgIpc) is 3.50. The van der Waals surface area contributed by atoms with Gasteiger partial charge < -0.3 is 24.4 Å². The molecule has 0 bridgehead atoms. The predicted octanol–water partition coefficient (Wildman–Crippen LogP) is 7.42. The second kappa shape index (κ2) is 15.4. The number of nitrogens with zero attached hydrogens (tertiary/aromatic N) is 3. The molecule has 5 rings (SSSR count). The fourth-order valence-corrected chi connectivity index (χ4v) is 7.63. The van der Waals surface area contributed by atoms with Crippen molar-refractivity contribution >= 4 is 29.1 Å². The molecule has 2 aliphatic heterocycles. The van der Waals surface area contributed by atoms with Crippen LogP contribution in [0.5, 0.6) is 11.5 Å².